The van der Waals surface area contributed by atoms with Crippen LogP contribution in [0.3, 0.4) is 0 Å². The zero-order valence-corrected chi connectivity index (χ0v) is 16.5. The van der Waals surface area contributed by atoms with Crippen LogP contribution in [0.4, 0.5) is 10.5 Å². The highest BCUT2D eigenvalue weighted by Crippen LogP contribution is 2.44. The fraction of sp³-hybridized carbons (Fsp3) is 0.250. The van der Waals surface area contributed by atoms with Crippen molar-refractivity contribution in [3.8, 4) is 6.07 Å². The number of nitriles is 1. The highest BCUT2D eigenvalue weighted by Gasteiger charge is 2.62. The maximum atomic E-state index is 13.6. The van der Waals surface area contributed by atoms with E-state index in [1.165, 1.54) is 4.90 Å². The second-order valence-electron chi connectivity index (χ2n) is 6.95. The standard InChI is InChI=1S/C20H16Cl2N4O2/c1-25-19(28)26(16-7-14(21)6-15(22)8-16)18(27)20(25)11-24-10-17(20)13-4-2-12(9-23)3-5-13/h2-8,17,24H,10-11H2,1H3. The highest BCUT2D eigenvalue weighted by molar-refractivity contribution is 6.35. The van der Waals surface area contributed by atoms with E-state index < -0.39 is 11.6 Å². The molecule has 2 atom stereocenters. The molecule has 2 aliphatic rings. The van der Waals surface area contributed by atoms with E-state index in [0.717, 1.165) is 10.5 Å². The van der Waals surface area contributed by atoms with Gasteiger partial charge in [0.1, 0.15) is 5.54 Å². The van der Waals surface area contributed by atoms with E-state index in [9.17, 15) is 9.59 Å². The molecule has 28 heavy (non-hydrogen) atoms. The number of hydrogen-bond donors (Lipinski definition) is 1. The Bertz CT molecular complexity index is 998. The average Bonchev–Trinajstić information content (AvgIpc) is 3.19. The number of carbonyl (C=O) groups excluding carboxylic acids is 2. The lowest BCUT2D eigenvalue weighted by molar-refractivity contribution is -0.124. The number of imide groups is 1. The smallest absolute Gasteiger partial charge is 0.313 e. The van der Waals surface area contributed by atoms with Crippen molar-refractivity contribution in [3.05, 3.63) is 63.6 Å². The average molecular weight is 415 g/mol. The molecule has 0 saturated carbocycles. The van der Waals surface area contributed by atoms with E-state index in [4.69, 9.17) is 28.5 Å². The Hall–Kier alpha value is -2.59. The molecular formula is C20H16Cl2N4O2. The van der Waals surface area contributed by atoms with Crippen molar-refractivity contribution >= 4 is 40.8 Å². The van der Waals surface area contributed by atoms with Gasteiger partial charge in [-0.1, -0.05) is 35.3 Å². The van der Waals surface area contributed by atoms with E-state index in [1.54, 1.807) is 37.4 Å². The van der Waals surface area contributed by atoms with Crippen LogP contribution in [0.2, 0.25) is 10.0 Å². The summed E-state index contributed by atoms with van der Waals surface area (Å²) in [4.78, 5) is 29.2. The van der Waals surface area contributed by atoms with Crippen LogP contribution >= 0.6 is 23.2 Å². The van der Waals surface area contributed by atoms with E-state index in [0.29, 0.717) is 34.4 Å². The Kier molecular flexibility index (Phi) is 4.54. The zero-order valence-electron chi connectivity index (χ0n) is 14.9. The molecule has 0 bridgehead atoms. The molecule has 2 aliphatic heterocycles. The molecule has 4 rings (SSSR count). The third kappa shape index (κ3) is 2.67. The summed E-state index contributed by atoms with van der Waals surface area (Å²) in [6.07, 6.45) is 0. The molecule has 0 aromatic heterocycles. The van der Waals surface area contributed by atoms with Gasteiger partial charge >= 0.3 is 6.03 Å². The number of carbonyl (C=O) groups is 2. The normalized spacial score (nSPS) is 24.3. The summed E-state index contributed by atoms with van der Waals surface area (Å²) in [5.74, 6) is -0.570. The molecule has 6 nitrogen and oxygen atoms in total. The molecule has 142 valence electrons. The van der Waals surface area contributed by atoms with Crippen molar-refractivity contribution in [3.63, 3.8) is 0 Å². The first-order chi connectivity index (χ1) is 13.4. The number of benzene rings is 2. The van der Waals surface area contributed by atoms with Gasteiger partial charge < -0.3 is 10.2 Å². The molecule has 1 N–H and O–H groups in total. The second-order valence-corrected chi connectivity index (χ2v) is 7.82. The topological polar surface area (TPSA) is 76.4 Å². The van der Waals surface area contributed by atoms with E-state index >= 15 is 0 Å². The molecule has 0 aliphatic carbocycles. The first kappa shape index (κ1) is 18.8. The van der Waals surface area contributed by atoms with Gasteiger partial charge in [-0.15, -0.1) is 0 Å². The van der Waals surface area contributed by atoms with Crippen LogP contribution in [-0.4, -0.2) is 42.5 Å². The van der Waals surface area contributed by atoms with Gasteiger partial charge in [0.25, 0.3) is 5.91 Å². The lowest BCUT2D eigenvalue weighted by Crippen LogP contribution is -2.53. The Morgan fingerprint density at radius 1 is 1.14 bits per heavy atom. The lowest BCUT2D eigenvalue weighted by Gasteiger charge is -2.33. The molecule has 2 heterocycles. The van der Waals surface area contributed by atoms with Crippen LogP contribution in [0.5, 0.6) is 0 Å². The third-order valence-electron chi connectivity index (χ3n) is 5.52. The summed E-state index contributed by atoms with van der Waals surface area (Å²) in [6.45, 7) is 0.878. The van der Waals surface area contributed by atoms with E-state index in [-0.39, 0.29) is 11.8 Å². The van der Waals surface area contributed by atoms with Gasteiger partial charge in [-0.2, -0.15) is 5.26 Å². The van der Waals surface area contributed by atoms with Crippen LogP contribution in [0, 0.1) is 11.3 Å². The minimum atomic E-state index is -1.06. The number of anilines is 1. The van der Waals surface area contributed by atoms with Gasteiger partial charge in [0.05, 0.1) is 17.3 Å². The number of rotatable bonds is 2. The molecule has 2 fully saturated rings. The molecule has 2 saturated heterocycles. The predicted molar refractivity (Wildman–Crippen MR) is 107 cm³/mol. The maximum Gasteiger partial charge on any atom is 0.332 e. The van der Waals surface area contributed by atoms with Crippen LogP contribution in [0.25, 0.3) is 0 Å². The van der Waals surface area contributed by atoms with Gasteiger partial charge in [0.15, 0.2) is 0 Å². The quantitative estimate of drug-likeness (QED) is 0.763. The Labute approximate surface area is 172 Å². The molecule has 8 heteroatoms. The summed E-state index contributed by atoms with van der Waals surface area (Å²) in [5, 5.41) is 13.0. The van der Waals surface area contributed by atoms with Gasteiger partial charge in [-0.3, -0.25) is 4.79 Å². The number of halogens is 2. The summed E-state index contributed by atoms with van der Waals surface area (Å²) in [6, 6.07) is 13.4. The second kappa shape index (κ2) is 6.78. The maximum absolute atomic E-state index is 13.6. The fourth-order valence-electron chi connectivity index (χ4n) is 4.10. The van der Waals surface area contributed by atoms with Crippen LogP contribution in [-0.2, 0) is 4.79 Å². The molecule has 2 aromatic carbocycles. The van der Waals surface area contributed by atoms with Crippen molar-refractivity contribution in [2.24, 2.45) is 0 Å². The lowest BCUT2D eigenvalue weighted by atomic mass is 9.80. The fourth-order valence-corrected chi connectivity index (χ4v) is 4.61. The number of urea groups is 1. The van der Waals surface area contributed by atoms with Crippen molar-refractivity contribution in [2.45, 2.75) is 11.5 Å². The van der Waals surface area contributed by atoms with E-state index in [1.807, 2.05) is 12.1 Å². The summed E-state index contributed by atoms with van der Waals surface area (Å²) in [7, 11) is 1.63. The predicted octanol–water partition coefficient (Wildman–Crippen LogP) is 3.39. The number of amides is 3. The molecule has 0 radical (unpaired) electrons. The molecule has 2 unspecified atom stereocenters. The molecule has 1 spiro atoms. The first-order valence-corrected chi connectivity index (χ1v) is 9.43. The number of nitrogens with zero attached hydrogens (tertiary/aromatic N) is 3. The van der Waals surface area contributed by atoms with Crippen molar-refractivity contribution < 1.29 is 9.59 Å². The summed E-state index contributed by atoms with van der Waals surface area (Å²) < 4.78 is 0. The van der Waals surface area contributed by atoms with Crippen molar-refractivity contribution in [1.29, 1.82) is 5.26 Å². The van der Waals surface area contributed by atoms with Gasteiger partial charge in [-0.05, 0) is 35.9 Å². The third-order valence-corrected chi connectivity index (χ3v) is 5.95. The van der Waals surface area contributed by atoms with Crippen molar-refractivity contribution in [2.75, 3.05) is 25.0 Å². The number of likely N-dealkylation sites (N-methyl/N-ethyl adjacent to an activating group) is 1. The Balaban J connectivity index is 1.78. The molecular weight excluding hydrogens is 399 g/mol. The Morgan fingerprint density at radius 3 is 2.39 bits per heavy atom. The highest BCUT2D eigenvalue weighted by atomic mass is 35.5. The Morgan fingerprint density at radius 2 is 1.79 bits per heavy atom. The van der Waals surface area contributed by atoms with E-state index in [2.05, 4.69) is 11.4 Å². The summed E-state index contributed by atoms with van der Waals surface area (Å²) in [5.41, 5.74) is 0.728. The van der Waals surface area contributed by atoms with Crippen LogP contribution < -0.4 is 10.2 Å². The molecule has 3 amide bonds. The molecule has 2 aromatic rings. The SMILES string of the molecule is CN1C(=O)N(c2cc(Cl)cc(Cl)c2)C(=O)C12CNCC2c1ccc(C#N)cc1. The van der Waals surface area contributed by atoms with Crippen LogP contribution in [0.1, 0.15) is 17.0 Å². The van der Waals surface area contributed by atoms with Crippen LogP contribution in [0.15, 0.2) is 42.5 Å². The first-order valence-electron chi connectivity index (χ1n) is 8.67. The zero-order chi connectivity index (χ0) is 20.1. The van der Waals surface area contributed by atoms with Gasteiger partial charge in [0, 0.05) is 36.1 Å². The largest absolute Gasteiger partial charge is 0.332 e. The van der Waals surface area contributed by atoms with Crippen molar-refractivity contribution in [1.82, 2.24) is 10.2 Å². The van der Waals surface area contributed by atoms with Gasteiger partial charge in [0.2, 0.25) is 0 Å². The number of hydrogen-bond acceptors (Lipinski definition) is 4. The van der Waals surface area contributed by atoms with Gasteiger partial charge in [-0.25, -0.2) is 9.69 Å². The summed E-state index contributed by atoms with van der Waals surface area (Å²) >= 11 is 12.2. The minimum Gasteiger partial charge on any atom is -0.313 e. The minimum absolute atomic E-state index is 0.249. The number of nitrogens with one attached hydrogen (secondary N) is 1. The monoisotopic (exact) mass is 414 g/mol.